The van der Waals surface area contributed by atoms with Gasteiger partial charge in [-0.15, -0.1) is 0 Å². The van der Waals surface area contributed by atoms with E-state index >= 15 is 0 Å². The number of amides is 1. The molecule has 1 unspecified atom stereocenters. The molecule has 1 N–H and O–H groups in total. The molecule has 4 rings (SSSR count). The number of quaternary nitrogens is 1. The molecule has 192 valence electrons. The lowest BCUT2D eigenvalue weighted by Crippen LogP contribution is -3.14. The van der Waals surface area contributed by atoms with Gasteiger partial charge in [0.25, 0.3) is 5.91 Å². The summed E-state index contributed by atoms with van der Waals surface area (Å²) in [6, 6.07) is 10.9. The fraction of sp³-hybridized carbons (Fsp3) is 0.407. The number of rotatable bonds is 9. The first-order valence-corrected chi connectivity index (χ1v) is 12.1. The van der Waals surface area contributed by atoms with Crippen molar-refractivity contribution < 1.29 is 38.5 Å². The van der Waals surface area contributed by atoms with E-state index in [1.54, 1.807) is 42.5 Å². The zero-order valence-electron chi connectivity index (χ0n) is 20.9. The van der Waals surface area contributed by atoms with Gasteiger partial charge in [-0.05, 0) is 42.3 Å². The Morgan fingerprint density at radius 2 is 1.78 bits per heavy atom. The van der Waals surface area contributed by atoms with Crippen LogP contribution in [0, 0.1) is 0 Å². The predicted octanol–water partition coefficient (Wildman–Crippen LogP) is 0.242. The van der Waals surface area contributed by atoms with Crippen LogP contribution in [0.3, 0.4) is 0 Å². The van der Waals surface area contributed by atoms with E-state index in [4.69, 9.17) is 18.9 Å². The Morgan fingerprint density at radius 3 is 2.42 bits per heavy atom. The number of nitrogens with one attached hydrogen (secondary N) is 1. The quantitative estimate of drug-likeness (QED) is 0.302. The number of carbonyl (C=O) groups is 2. The van der Waals surface area contributed by atoms with E-state index in [0.29, 0.717) is 61.3 Å². The Hall–Kier alpha value is -3.56. The van der Waals surface area contributed by atoms with Gasteiger partial charge in [-0.2, -0.15) is 0 Å². The topological polar surface area (TPSA) is 102 Å². The highest BCUT2D eigenvalue weighted by molar-refractivity contribution is 6.46. The van der Waals surface area contributed by atoms with Crippen LogP contribution >= 0.6 is 0 Å². The predicted molar refractivity (Wildman–Crippen MR) is 130 cm³/mol. The maximum Gasteiger partial charge on any atom is 0.295 e. The lowest BCUT2D eigenvalue weighted by molar-refractivity contribution is -0.907. The standard InChI is InChI=1S/C27H32N2O7/c1-4-36-21-10-7-19(17-22(21)34-3)24-23(25(30)18-5-8-20(33-2)9-6-18)26(31)27(32)29(24)12-11-28-13-15-35-16-14-28/h5-10,17,24,30H,4,11-16H2,1-3H3. The van der Waals surface area contributed by atoms with Gasteiger partial charge >= 0.3 is 0 Å². The second-order valence-electron chi connectivity index (χ2n) is 8.66. The molecule has 0 bridgehead atoms. The summed E-state index contributed by atoms with van der Waals surface area (Å²) in [5, 5.41) is 13.6. The fourth-order valence-corrected chi connectivity index (χ4v) is 4.66. The van der Waals surface area contributed by atoms with Crippen molar-refractivity contribution >= 4 is 17.4 Å². The Kier molecular flexibility index (Phi) is 8.12. The van der Waals surface area contributed by atoms with Gasteiger partial charge in [0.15, 0.2) is 11.5 Å². The SMILES string of the molecule is CCOc1ccc(C2C(=C([O-])c3ccc(OC)cc3)C(=O)C(=O)N2CC[NH+]2CCOCC2)cc1OC. The van der Waals surface area contributed by atoms with Gasteiger partial charge in [-0.1, -0.05) is 24.0 Å². The molecule has 36 heavy (non-hydrogen) atoms. The average Bonchev–Trinajstić information content (AvgIpc) is 3.17. The molecule has 2 aliphatic heterocycles. The Balaban J connectivity index is 1.76. The highest BCUT2D eigenvalue weighted by atomic mass is 16.5. The molecule has 0 radical (unpaired) electrons. The highest BCUT2D eigenvalue weighted by Crippen LogP contribution is 2.41. The average molecular weight is 497 g/mol. The lowest BCUT2D eigenvalue weighted by Gasteiger charge is -2.30. The minimum absolute atomic E-state index is 0.0617. The van der Waals surface area contributed by atoms with Gasteiger partial charge in [0.2, 0.25) is 5.78 Å². The zero-order valence-corrected chi connectivity index (χ0v) is 20.9. The van der Waals surface area contributed by atoms with Crippen LogP contribution in [-0.4, -0.2) is 76.8 Å². The maximum atomic E-state index is 13.6. The third-order valence-corrected chi connectivity index (χ3v) is 6.59. The minimum Gasteiger partial charge on any atom is -0.872 e. The van der Waals surface area contributed by atoms with Crippen molar-refractivity contribution in [3.63, 3.8) is 0 Å². The number of morpholine rings is 1. The van der Waals surface area contributed by atoms with Crippen molar-refractivity contribution in [2.24, 2.45) is 0 Å². The third-order valence-electron chi connectivity index (χ3n) is 6.59. The van der Waals surface area contributed by atoms with Crippen LogP contribution in [0.4, 0.5) is 0 Å². The summed E-state index contributed by atoms with van der Waals surface area (Å²) in [7, 11) is 3.06. The first-order valence-electron chi connectivity index (χ1n) is 12.1. The Bertz CT molecular complexity index is 1120. The van der Waals surface area contributed by atoms with Crippen LogP contribution in [0.2, 0.25) is 0 Å². The van der Waals surface area contributed by atoms with E-state index in [2.05, 4.69) is 0 Å². The second-order valence-corrected chi connectivity index (χ2v) is 8.66. The van der Waals surface area contributed by atoms with Crippen LogP contribution in [0.15, 0.2) is 48.0 Å². The molecule has 2 saturated heterocycles. The number of hydrogen-bond acceptors (Lipinski definition) is 7. The largest absolute Gasteiger partial charge is 0.872 e. The lowest BCUT2D eigenvalue weighted by atomic mass is 9.95. The van der Waals surface area contributed by atoms with Crippen molar-refractivity contribution in [2.45, 2.75) is 13.0 Å². The molecule has 0 spiro atoms. The van der Waals surface area contributed by atoms with Gasteiger partial charge in [-0.3, -0.25) is 9.59 Å². The molecular formula is C27H32N2O7. The number of nitrogens with zero attached hydrogens (tertiary/aromatic N) is 1. The molecule has 2 aromatic carbocycles. The van der Waals surface area contributed by atoms with Crippen LogP contribution in [0.5, 0.6) is 17.2 Å². The summed E-state index contributed by atoms with van der Waals surface area (Å²) in [6.07, 6.45) is 0. The minimum atomic E-state index is -0.829. The molecule has 9 nitrogen and oxygen atoms in total. The summed E-state index contributed by atoms with van der Waals surface area (Å²) in [4.78, 5) is 29.3. The number of ether oxygens (including phenoxy) is 4. The van der Waals surface area contributed by atoms with E-state index in [9.17, 15) is 14.7 Å². The molecule has 0 saturated carbocycles. The molecule has 2 aromatic rings. The Morgan fingerprint density at radius 1 is 1.06 bits per heavy atom. The smallest absolute Gasteiger partial charge is 0.295 e. The molecule has 0 aliphatic carbocycles. The van der Waals surface area contributed by atoms with Crippen molar-refractivity contribution in [1.82, 2.24) is 4.90 Å². The molecule has 9 heteroatoms. The van der Waals surface area contributed by atoms with Gasteiger partial charge < -0.3 is 33.9 Å². The van der Waals surface area contributed by atoms with Gasteiger partial charge in [0, 0.05) is 5.57 Å². The number of likely N-dealkylation sites (tertiary alicyclic amines) is 1. The third kappa shape index (κ3) is 5.17. The van der Waals surface area contributed by atoms with Gasteiger partial charge in [0.05, 0.1) is 53.2 Å². The van der Waals surface area contributed by atoms with E-state index in [1.807, 2.05) is 6.92 Å². The van der Waals surface area contributed by atoms with E-state index in [-0.39, 0.29) is 5.57 Å². The number of Topliss-reactive ketones (excluding diaryl/α,β-unsaturated/α-hetero) is 1. The molecule has 2 heterocycles. The van der Waals surface area contributed by atoms with Crippen molar-refractivity contribution in [3.8, 4) is 17.2 Å². The Labute approximate surface area is 210 Å². The van der Waals surface area contributed by atoms with Crippen LogP contribution in [0.25, 0.3) is 5.76 Å². The summed E-state index contributed by atoms with van der Waals surface area (Å²) in [6.45, 7) is 6.30. The summed E-state index contributed by atoms with van der Waals surface area (Å²) >= 11 is 0. The summed E-state index contributed by atoms with van der Waals surface area (Å²) < 4.78 is 21.8. The molecule has 1 atom stereocenters. The normalized spacial score (nSPS) is 20.0. The molecule has 1 amide bonds. The number of benzene rings is 2. The molecule has 0 aromatic heterocycles. The monoisotopic (exact) mass is 496 g/mol. The van der Waals surface area contributed by atoms with Crippen LogP contribution in [0.1, 0.15) is 24.1 Å². The first kappa shape index (κ1) is 25.5. The van der Waals surface area contributed by atoms with E-state index < -0.39 is 23.5 Å². The van der Waals surface area contributed by atoms with Crippen LogP contribution in [-0.2, 0) is 14.3 Å². The molecule has 2 fully saturated rings. The van der Waals surface area contributed by atoms with Crippen molar-refractivity contribution in [1.29, 1.82) is 0 Å². The number of hydrogen-bond donors (Lipinski definition) is 1. The van der Waals surface area contributed by atoms with E-state index in [1.165, 1.54) is 24.0 Å². The fourth-order valence-electron chi connectivity index (χ4n) is 4.66. The number of carbonyl (C=O) groups excluding carboxylic acids is 2. The van der Waals surface area contributed by atoms with Gasteiger partial charge in [0.1, 0.15) is 18.8 Å². The first-order chi connectivity index (χ1) is 17.5. The highest BCUT2D eigenvalue weighted by Gasteiger charge is 2.44. The second kappa shape index (κ2) is 11.5. The zero-order chi connectivity index (χ0) is 25.7. The molecule has 2 aliphatic rings. The number of ketones is 1. The van der Waals surface area contributed by atoms with E-state index in [0.717, 1.165) is 13.1 Å². The summed E-state index contributed by atoms with van der Waals surface area (Å²) in [5.74, 6) is -0.311. The van der Waals surface area contributed by atoms with Crippen LogP contribution < -0.4 is 24.2 Å². The van der Waals surface area contributed by atoms with Gasteiger partial charge in [-0.25, -0.2) is 0 Å². The number of methoxy groups -OCH3 is 2. The van der Waals surface area contributed by atoms with Crippen molar-refractivity contribution in [3.05, 3.63) is 59.2 Å². The molecular weight excluding hydrogens is 464 g/mol. The van der Waals surface area contributed by atoms with Crippen molar-refractivity contribution in [2.75, 3.05) is 60.2 Å². The summed E-state index contributed by atoms with van der Waals surface area (Å²) in [5.41, 5.74) is 0.868. The maximum absolute atomic E-state index is 13.6.